The van der Waals surface area contributed by atoms with Gasteiger partial charge in [0.1, 0.15) is 0 Å². The quantitative estimate of drug-likeness (QED) is 0.822. The first-order chi connectivity index (χ1) is 7.20. The summed E-state index contributed by atoms with van der Waals surface area (Å²) in [5, 5.41) is 3.40. The Balaban J connectivity index is 0.00000128. The molecule has 0 radical (unpaired) electrons. The van der Waals surface area contributed by atoms with Gasteiger partial charge in [0.2, 0.25) is 5.91 Å². The fraction of sp³-hybridized carbons (Fsp3) is 0.917. The number of rotatable bonds is 3. The Morgan fingerprint density at radius 1 is 1.56 bits per heavy atom. The molecule has 2 atom stereocenters. The molecule has 2 rings (SSSR count). The summed E-state index contributed by atoms with van der Waals surface area (Å²) in [6.07, 6.45) is 4.62. The lowest BCUT2D eigenvalue weighted by Gasteiger charge is -2.31. The van der Waals surface area contributed by atoms with Crippen molar-refractivity contribution in [3.05, 3.63) is 0 Å². The Morgan fingerprint density at radius 2 is 2.31 bits per heavy atom. The van der Waals surface area contributed by atoms with Gasteiger partial charge in [-0.05, 0) is 31.7 Å². The predicted molar refractivity (Wildman–Crippen MR) is 67.8 cm³/mol. The average Bonchev–Trinajstić information content (AvgIpc) is 2.75. The molecule has 1 heterocycles. The van der Waals surface area contributed by atoms with Gasteiger partial charge in [-0.25, -0.2) is 0 Å². The number of carbonyl (C=O) groups is 1. The van der Waals surface area contributed by atoms with Crippen LogP contribution in [0.15, 0.2) is 0 Å². The molecule has 3 nitrogen and oxygen atoms in total. The fourth-order valence-corrected chi connectivity index (χ4v) is 3.32. The van der Waals surface area contributed by atoms with Crippen molar-refractivity contribution in [1.82, 2.24) is 10.2 Å². The zero-order valence-electron chi connectivity index (χ0n) is 10.3. The number of fused-ring (bicyclic) bond motifs is 1. The maximum Gasteiger partial charge on any atom is 0.230 e. The first-order valence-electron chi connectivity index (χ1n) is 6.17. The van der Waals surface area contributed by atoms with Crippen molar-refractivity contribution in [3.63, 3.8) is 0 Å². The molecule has 0 aromatic carbocycles. The van der Waals surface area contributed by atoms with Gasteiger partial charge in [0.15, 0.2) is 0 Å². The number of nitrogens with zero attached hydrogens (tertiary/aromatic N) is 1. The second kappa shape index (κ2) is 5.37. The van der Waals surface area contributed by atoms with Crippen LogP contribution in [0.5, 0.6) is 0 Å². The molecule has 94 valence electrons. The third-order valence-corrected chi connectivity index (χ3v) is 4.12. The highest BCUT2D eigenvalue weighted by Crippen LogP contribution is 2.46. The second-order valence-corrected chi connectivity index (χ2v) is 5.10. The van der Waals surface area contributed by atoms with Gasteiger partial charge < -0.3 is 10.2 Å². The molecule has 1 N–H and O–H groups in total. The van der Waals surface area contributed by atoms with Crippen molar-refractivity contribution in [2.24, 2.45) is 11.3 Å². The Morgan fingerprint density at radius 3 is 3.00 bits per heavy atom. The first kappa shape index (κ1) is 13.8. The van der Waals surface area contributed by atoms with Crippen molar-refractivity contribution >= 4 is 18.3 Å². The van der Waals surface area contributed by atoms with Crippen LogP contribution in [0.25, 0.3) is 0 Å². The van der Waals surface area contributed by atoms with E-state index in [1.807, 2.05) is 11.9 Å². The molecular formula is C12H23ClN2O. The minimum absolute atomic E-state index is 0. The van der Waals surface area contributed by atoms with E-state index in [0.717, 1.165) is 32.5 Å². The molecule has 0 unspecified atom stereocenters. The van der Waals surface area contributed by atoms with Gasteiger partial charge in [-0.3, -0.25) is 4.79 Å². The highest BCUT2D eigenvalue weighted by atomic mass is 35.5. The number of nitrogens with one attached hydrogen (secondary N) is 1. The van der Waals surface area contributed by atoms with Crippen LogP contribution in [-0.2, 0) is 4.79 Å². The van der Waals surface area contributed by atoms with Gasteiger partial charge in [-0.2, -0.15) is 0 Å². The smallest absolute Gasteiger partial charge is 0.230 e. The standard InChI is InChI=1S/C12H22N2O.ClH/c1-3-7-14(2)11(15)12-6-4-5-10(12)8-13-9-12;/h10,13H,3-9H2,1-2H3;1H/t10-,12-;/m1./s1. The fourth-order valence-electron chi connectivity index (χ4n) is 3.32. The summed E-state index contributed by atoms with van der Waals surface area (Å²) in [5.74, 6) is 0.987. The lowest BCUT2D eigenvalue weighted by molar-refractivity contribution is -0.141. The average molecular weight is 247 g/mol. The summed E-state index contributed by atoms with van der Waals surface area (Å²) < 4.78 is 0. The van der Waals surface area contributed by atoms with E-state index in [9.17, 15) is 4.79 Å². The number of hydrogen-bond donors (Lipinski definition) is 1. The minimum atomic E-state index is -0.0378. The molecule has 1 saturated carbocycles. The predicted octanol–water partition coefficient (Wildman–Crippen LogP) is 1.67. The van der Waals surface area contributed by atoms with Gasteiger partial charge in [-0.15, -0.1) is 12.4 Å². The van der Waals surface area contributed by atoms with Crippen LogP contribution in [0.1, 0.15) is 32.6 Å². The maximum atomic E-state index is 12.4. The molecular weight excluding hydrogens is 224 g/mol. The number of amides is 1. The second-order valence-electron chi connectivity index (χ2n) is 5.10. The third-order valence-electron chi connectivity index (χ3n) is 4.12. The van der Waals surface area contributed by atoms with E-state index >= 15 is 0 Å². The van der Waals surface area contributed by atoms with Crippen LogP contribution >= 0.6 is 12.4 Å². The molecule has 0 aromatic heterocycles. The van der Waals surface area contributed by atoms with Crippen molar-refractivity contribution < 1.29 is 4.79 Å². The summed E-state index contributed by atoms with van der Waals surface area (Å²) >= 11 is 0. The van der Waals surface area contributed by atoms with Crippen LogP contribution in [-0.4, -0.2) is 37.5 Å². The van der Waals surface area contributed by atoms with E-state index in [2.05, 4.69) is 12.2 Å². The normalized spacial score (nSPS) is 32.0. The van der Waals surface area contributed by atoms with Crippen molar-refractivity contribution in [2.45, 2.75) is 32.6 Å². The van der Waals surface area contributed by atoms with Gasteiger partial charge >= 0.3 is 0 Å². The molecule has 1 aliphatic carbocycles. The zero-order chi connectivity index (χ0) is 10.9. The summed E-state index contributed by atoms with van der Waals surface area (Å²) in [5.41, 5.74) is -0.0378. The molecule has 1 aliphatic heterocycles. The van der Waals surface area contributed by atoms with Gasteiger partial charge in [0, 0.05) is 20.1 Å². The van der Waals surface area contributed by atoms with Crippen molar-refractivity contribution in [1.29, 1.82) is 0 Å². The maximum absolute atomic E-state index is 12.4. The largest absolute Gasteiger partial charge is 0.345 e. The van der Waals surface area contributed by atoms with E-state index in [1.54, 1.807) is 0 Å². The first-order valence-corrected chi connectivity index (χ1v) is 6.17. The van der Waals surface area contributed by atoms with E-state index in [-0.39, 0.29) is 17.8 Å². The molecule has 4 heteroatoms. The van der Waals surface area contributed by atoms with Gasteiger partial charge in [0.25, 0.3) is 0 Å². The van der Waals surface area contributed by atoms with Crippen LogP contribution < -0.4 is 5.32 Å². The molecule has 0 bridgehead atoms. The SMILES string of the molecule is CCCN(C)C(=O)[C@@]12CCC[C@@H]1CNC2.Cl. The number of carbonyl (C=O) groups excluding carboxylic acids is 1. The van der Waals surface area contributed by atoms with Gasteiger partial charge in [0.05, 0.1) is 5.41 Å². The highest BCUT2D eigenvalue weighted by molar-refractivity contribution is 5.85. The van der Waals surface area contributed by atoms with E-state index in [1.165, 1.54) is 12.8 Å². The van der Waals surface area contributed by atoms with E-state index in [0.29, 0.717) is 11.8 Å². The van der Waals surface area contributed by atoms with Gasteiger partial charge in [-0.1, -0.05) is 13.3 Å². The lowest BCUT2D eigenvalue weighted by Crippen LogP contribution is -2.45. The van der Waals surface area contributed by atoms with E-state index in [4.69, 9.17) is 0 Å². The summed E-state index contributed by atoms with van der Waals surface area (Å²) in [7, 11) is 1.95. The summed E-state index contributed by atoms with van der Waals surface area (Å²) in [6, 6.07) is 0. The van der Waals surface area contributed by atoms with Crippen LogP contribution in [0.4, 0.5) is 0 Å². The Labute approximate surface area is 104 Å². The Bertz CT molecular complexity index is 247. The van der Waals surface area contributed by atoms with Crippen LogP contribution in [0.3, 0.4) is 0 Å². The Kier molecular flexibility index (Phi) is 4.62. The molecule has 16 heavy (non-hydrogen) atoms. The summed E-state index contributed by atoms with van der Waals surface area (Å²) in [6.45, 7) is 4.98. The van der Waals surface area contributed by atoms with Crippen LogP contribution in [0, 0.1) is 11.3 Å². The Hall–Kier alpha value is -0.280. The monoisotopic (exact) mass is 246 g/mol. The van der Waals surface area contributed by atoms with E-state index < -0.39 is 0 Å². The minimum Gasteiger partial charge on any atom is -0.345 e. The number of hydrogen-bond acceptors (Lipinski definition) is 2. The number of halogens is 1. The molecule has 1 saturated heterocycles. The lowest BCUT2D eigenvalue weighted by atomic mass is 9.79. The molecule has 0 aromatic rings. The topological polar surface area (TPSA) is 32.3 Å². The van der Waals surface area contributed by atoms with Crippen LogP contribution in [0.2, 0.25) is 0 Å². The van der Waals surface area contributed by atoms with Crippen molar-refractivity contribution in [2.75, 3.05) is 26.7 Å². The zero-order valence-corrected chi connectivity index (χ0v) is 11.1. The molecule has 2 aliphatic rings. The highest BCUT2D eigenvalue weighted by Gasteiger charge is 2.52. The third kappa shape index (κ3) is 2.07. The van der Waals surface area contributed by atoms with Crippen molar-refractivity contribution in [3.8, 4) is 0 Å². The molecule has 0 spiro atoms. The molecule has 1 amide bonds. The molecule has 2 fully saturated rings. The summed E-state index contributed by atoms with van der Waals surface area (Å²) in [4.78, 5) is 14.4.